The predicted molar refractivity (Wildman–Crippen MR) is 136 cm³/mol. The molecule has 1 aliphatic heterocycles. The summed E-state index contributed by atoms with van der Waals surface area (Å²) in [4.78, 5) is 29.9. The zero-order valence-corrected chi connectivity index (χ0v) is 20.0. The van der Waals surface area contributed by atoms with Gasteiger partial charge in [0.1, 0.15) is 12.4 Å². The summed E-state index contributed by atoms with van der Waals surface area (Å²) in [5.74, 6) is 0.676. The highest BCUT2D eigenvalue weighted by atomic mass is 16.5. The number of aromatic amines is 1. The first-order valence-corrected chi connectivity index (χ1v) is 11.9. The molecule has 6 heteroatoms. The van der Waals surface area contributed by atoms with E-state index in [1.54, 1.807) is 17.7 Å². The van der Waals surface area contributed by atoms with Crippen molar-refractivity contribution in [3.8, 4) is 11.4 Å². The molecule has 2 aromatic heterocycles. The van der Waals surface area contributed by atoms with Crippen LogP contribution in [0.25, 0.3) is 16.6 Å². The van der Waals surface area contributed by atoms with Crippen molar-refractivity contribution in [1.82, 2.24) is 14.5 Å². The second-order valence-corrected chi connectivity index (χ2v) is 8.16. The topological polar surface area (TPSA) is 67.3 Å². The maximum Gasteiger partial charge on any atom is 0.258 e. The molecule has 0 unspecified atom stereocenters. The van der Waals surface area contributed by atoms with Crippen molar-refractivity contribution >= 4 is 16.8 Å². The van der Waals surface area contributed by atoms with Gasteiger partial charge >= 0.3 is 0 Å². The predicted octanol–water partition coefficient (Wildman–Crippen LogP) is 4.87. The Morgan fingerprint density at radius 3 is 2.50 bits per heavy atom. The molecule has 0 spiro atoms. The average molecular weight is 458 g/mol. The van der Waals surface area contributed by atoms with E-state index in [1.807, 2.05) is 67.3 Å². The summed E-state index contributed by atoms with van der Waals surface area (Å²) in [5, 5.41) is 1.16. The van der Waals surface area contributed by atoms with Crippen LogP contribution in [-0.4, -0.2) is 33.4 Å². The molecule has 0 aliphatic carbocycles. The van der Waals surface area contributed by atoms with E-state index in [-0.39, 0.29) is 11.5 Å². The van der Waals surface area contributed by atoms with E-state index in [9.17, 15) is 9.59 Å². The molecule has 34 heavy (non-hydrogen) atoms. The van der Waals surface area contributed by atoms with Gasteiger partial charge in [-0.1, -0.05) is 50.2 Å². The van der Waals surface area contributed by atoms with Crippen LogP contribution in [0.1, 0.15) is 37.6 Å². The van der Waals surface area contributed by atoms with Crippen LogP contribution >= 0.6 is 0 Å². The number of nitrogens with one attached hydrogen (secondary N) is 1. The van der Waals surface area contributed by atoms with Crippen molar-refractivity contribution in [1.29, 1.82) is 0 Å². The molecule has 5 rings (SSSR count). The maximum absolute atomic E-state index is 12.8. The Kier molecular flexibility index (Phi) is 7.16. The van der Waals surface area contributed by atoms with Gasteiger partial charge in [0.05, 0.1) is 5.69 Å². The minimum atomic E-state index is -0.139. The number of nitrogens with zero attached hydrogens (tertiary/aromatic N) is 2. The van der Waals surface area contributed by atoms with E-state index in [2.05, 4.69) is 11.1 Å². The maximum atomic E-state index is 12.8. The normalized spacial score (nSPS) is 13.0. The molecule has 4 aromatic rings. The molecule has 0 radical (unpaired) electrons. The fourth-order valence-electron chi connectivity index (χ4n) is 4.37. The number of hydrogen-bond acceptors (Lipinski definition) is 3. The summed E-state index contributed by atoms with van der Waals surface area (Å²) >= 11 is 0. The number of pyridine rings is 1. The Labute approximate surface area is 199 Å². The summed E-state index contributed by atoms with van der Waals surface area (Å²) < 4.78 is 7.40. The molecule has 3 heterocycles. The van der Waals surface area contributed by atoms with Crippen molar-refractivity contribution < 1.29 is 9.53 Å². The second kappa shape index (κ2) is 10.4. The molecule has 0 atom stereocenters. The van der Waals surface area contributed by atoms with Crippen molar-refractivity contribution in [2.75, 3.05) is 13.1 Å². The minimum absolute atomic E-state index is 0.123. The van der Waals surface area contributed by atoms with Crippen LogP contribution in [0.4, 0.5) is 0 Å². The van der Waals surface area contributed by atoms with E-state index in [4.69, 9.17) is 4.74 Å². The molecule has 2 aromatic carbocycles. The molecule has 0 bridgehead atoms. The number of ether oxygens (including phenoxy) is 1. The molecule has 176 valence electrons. The van der Waals surface area contributed by atoms with Crippen LogP contribution in [0, 0.1) is 0 Å². The monoisotopic (exact) mass is 457 g/mol. The van der Waals surface area contributed by atoms with Crippen LogP contribution in [0.5, 0.6) is 5.75 Å². The molecule has 1 N–H and O–H groups in total. The highest BCUT2D eigenvalue weighted by Gasteiger charge is 2.19. The minimum Gasteiger partial charge on any atom is -0.489 e. The van der Waals surface area contributed by atoms with Gasteiger partial charge in [-0.2, -0.15) is 0 Å². The molecule has 1 aliphatic rings. The molecule has 6 nitrogen and oxygen atoms in total. The highest BCUT2D eigenvalue weighted by molar-refractivity contribution is 5.86. The number of rotatable bonds is 4. The first-order valence-electron chi connectivity index (χ1n) is 11.9. The number of hydrogen-bond donors (Lipinski definition) is 1. The lowest BCUT2D eigenvalue weighted by atomic mass is 10.1. The number of amides is 1. The zero-order valence-electron chi connectivity index (χ0n) is 20.0. The van der Waals surface area contributed by atoms with E-state index < -0.39 is 0 Å². The van der Waals surface area contributed by atoms with Gasteiger partial charge in [-0.05, 0) is 35.7 Å². The third-order valence-electron chi connectivity index (χ3n) is 6.10. The van der Waals surface area contributed by atoms with Gasteiger partial charge in [0.2, 0.25) is 5.91 Å². The van der Waals surface area contributed by atoms with Gasteiger partial charge in [0.15, 0.2) is 0 Å². The molecule has 0 saturated carbocycles. The Balaban J connectivity index is 0.00000133. The Bertz CT molecular complexity index is 1340. The standard InChI is InChI=1S/C26H25N3O3.C2H6/c1-18(30)28-12-10-23-22-8-7-20(15-25(22)27-24(23)11-13-28)29-14-9-21(16-26(29)31)32-17-19-5-3-2-4-6-19;1-2/h2-9,14-16,27H,10-13,17H2,1H3;1-2H3. The zero-order chi connectivity index (χ0) is 24.1. The van der Waals surface area contributed by atoms with Crippen LogP contribution < -0.4 is 10.3 Å². The van der Waals surface area contributed by atoms with Crippen molar-refractivity contribution in [3.05, 3.63) is 94.0 Å². The number of carbonyl (C=O) groups is 1. The fourth-order valence-corrected chi connectivity index (χ4v) is 4.37. The van der Waals surface area contributed by atoms with Gasteiger partial charge in [0.25, 0.3) is 5.56 Å². The number of benzene rings is 2. The van der Waals surface area contributed by atoms with Gasteiger partial charge < -0.3 is 14.6 Å². The Morgan fingerprint density at radius 1 is 1.00 bits per heavy atom. The van der Waals surface area contributed by atoms with E-state index in [0.29, 0.717) is 12.4 Å². The first-order chi connectivity index (χ1) is 16.6. The smallest absolute Gasteiger partial charge is 0.258 e. The fraction of sp³-hybridized carbons (Fsp3) is 0.286. The van der Waals surface area contributed by atoms with E-state index >= 15 is 0 Å². The molecular weight excluding hydrogens is 426 g/mol. The number of H-pyrrole nitrogens is 1. The third kappa shape index (κ3) is 4.91. The van der Waals surface area contributed by atoms with Crippen LogP contribution in [-0.2, 0) is 24.2 Å². The summed E-state index contributed by atoms with van der Waals surface area (Å²) in [5.41, 5.74) is 5.18. The molecule has 0 saturated heterocycles. The van der Waals surface area contributed by atoms with Crippen LogP contribution in [0.15, 0.2) is 71.7 Å². The average Bonchev–Trinajstić information content (AvgIpc) is 3.06. The molecule has 0 fully saturated rings. The summed E-state index contributed by atoms with van der Waals surface area (Å²) in [6.45, 7) is 7.51. The summed E-state index contributed by atoms with van der Waals surface area (Å²) in [6.07, 6.45) is 3.40. The molecule has 1 amide bonds. The lowest BCUT2D eigenvalue weighted by molar-refractivity contribution is -0.128. The third-order valence-corrected chi connectivity index (χ3v) is 6.10. The number of aromatic nitrogens is 2. The van der Waals surface area contributed by atoms with Crippen molar-refractivity contribution in [2.24, 2.45) is 0 Å². The quantitative estimate of drug-likeness (QED) is 0.475. The molecular formula is C28H31N3O3. The van der Waals surface area contributed by atoms with Gasteiger partial charge in [-0.15, -0.1) is 0 Å². The number of fused-ring (bicyclic) bond motifs is 3. The van der Waals surface area contributed by atoms with Crippen molar-refractivity contribution in [2.45, 2.75) is 40.2 Å². The lowest BCUT2D eigenvalue weighted by Crippen LogP contribution is -2.31. The van der Waals surface area contributed by atoms with Gasteiger partial charge in [-0.25, -0.2) is 0 Å². The van der Waals surface area contributed by atoms with Gasteiger partial charge in [-0.3, -0.25) is 14.2 Å². The summed E-state index contributed by atoms with van der Waals surface area (Å²) in [6, 6.07) is 19.3. The Hall–Kier alpha value is -3.80. The SMILES string of the molecule is CC.CC(=O)N1CCc2[nH]c3cc(-n4ccc(OCc5ccccc5)cc4=O)ccc3c2CC1. The lowest BCUT2D eigenvalue weighted by Gasteiger charge is -2.17. The van der Waals surface area contributed by atoms with Crippen LogP contribution in [0.3, 0.4) is 0 Å². The first kappa shape index (κ1) is 23.4. The highest BCUT2D eigenvalue weighted by Crippen LogP contribution is 2.27. The summed E-state index contributed by atoms with van der Waals surface area (Å²) in [7, 11) is 0. The van der Waals surface area contributed by atoms with Crippen LogP contribution in [0.2, 0.25) is 0 Å². The second-order valence-electron chi connectivity index (χ2n) is 8.16. The largest absolute Gasteiger partial charge is 0.489 e. The van der Waals surface area contributed by atoms with E-state index in [0.717, 1.165) is 48.1 Å². The Morgan fingerprint density at radius 2 is 1.76 bits per heavy atom. The number of carbonyl (C=O) groups excluding carboxylic acids is 1. The van der Waals surface area contributed by atoms with Crippen molar-refractivity contribution in [3.63, 3.8) is 0 Å². The van der Waals surface area contributed by atoms with Gasteiger partial charge in [0, 0.05) is 55.3 Å². The van der Waals surface area contributed by atoms with E-state index in [1.165, 1.54) is 17.3 Å².